The molecule has 1 heterocycles. The van der Waals surface area contributed by atoms with Crippen LogP contribution in [0.4, 0.5) is 5.82 Å². The zero-order valence-corrected chi connectivity index (χ0v) is 11.2. The molecule has 18 heavy (non-hydrogen) atoms. The van der Waals surface area contributed by atoms with Crippen molar-refractivity contribution in [3.8, 4) is 5.88 Å². The van der Waals surface area contributed by atoms with E-state index in [0.29, 0.717) is 19.0 Å². The van der Waals surface area contributed by atoms with E-state index in [0.717, 1.165) is 24.5 Å². The minimum absolute atomic E-state index is 0.324. The van der Waals surface area contributed by atoms with E-state index in [4.69, 9.17) is 9.84 Å². The Bertz CT molecular complexity index is 358. The highest BCUT2D eigenvalue weighted by atomic mass is 16.5. The number of aliphatic hydroxyl groups excluding tert-OH is 1. The average Bonchev–Trinajstić information content (AvgIpc) is 2.33. The maximum absolute atomic E-state index is 9.09. The quantitative estimate of drug-likeness (QED) is 0.588. The molecule has 6 heteroatoms. The third-order valence-corrected chi connectivity index (χ3v) is 2.35. The summed E-state index contributed by atoms with van der Waals surface area (Å²) in [6.07, 6.45) is 1.17. The molecule has 1 atom stereocenters. The number of hydrogen-bond donors (Lipinski definition) is 3. The summed E-state index contributed by atoms with van der Waals surface area (Å²) in [5.41, 5.74) is 0.912. The van der Waals surface area contributed by atoms with Crippen LogP contribution in [0.3, 0.4) is 0 Å². The van der Waals surface area contributed by atoms with Gasteiger partial charge in [-0.3, -0.25) is 0 Å². The fourth-order valence-electron chi connectivity index (χ4n) is 1.47. The van der Waals surface area contributed by atoms with Crippen molar-refractivity contribution < 1.29 is 9.84 Å². The molecule has 1 unspecified atom stereocenters. The van der Waals surface area contributed by atoms with Gasteiger partial charge in [0.15, 0.2) is 0 Å². The van der Waals surface area contributed by atoms with Crippen molar-refractivity contribution in [2.24, 2.45) is 0 Å². The Kier molecular flexibility index (Phi) is 6.38. The Balaban J connectivity index is 2.40. The fraction of sp³-hybridized carbons (Fsp3) is 0.667. The zero-order chi connectivity index (χ0) is 13.4. The van der Waals surface area contributed by atoms with Crippen LogP contribution in [0.2, 0.25) is 0 Å². The van der Waals surface area contributed by atoms with Crippen LogP contribution in [0.25, 0.3) is 0 Å². The maximum atomic E-state index is 9.09. The molecule has 0 fully saturated rings. The van der Waals surface area contributed by atoms with Gasteiger partial charge in [0.2, 0.25) is 5.88 Å². The first-order chi connectivity index (χ1) is 8.65. The standard InChI is InChI=1S/C12H22N4O2/c1-4-18-12-10(3)11(15-8-16-12)14-6-5-13-7-9(2)17/h8-9,13,17H,4-7H2,1-3H3,(H,14,15,16). The smallest absolute Gasteiger partial charge is 0.221 e. The average molecular weight is 254 g/mol. The van der Waals surface area contributed by atoms with Crippen molar-refractivity contribution in [2.45, 2.75) is 26.9 Å². The monoisotopic (exact) mass is 254 g/mol. The molecule has 0 saturated heterocycles. The second kappa shape index (κ2) is 7.84. The van der Waals surface area contributed by atoms with Crippen molar-refractivity contribution in [3.05, 3.63) is 11.9 Å². The molecule has 0 amide bonds. The minimum atomic E-state index is -0.324. The van der Waals surface area contributed by atoms with Gasteiger partial charge in [0.05, 0.1) is 18.3 Å². The van der Waals surface area contributed by atoms with E-state index in [1.165, 1.54) is 6.33 Å². The molecule has 102 valence electrons. The molecule has 6 nitrogen and oxygen atoms in total. The molecule has 0 aliphatic heterocycles. The number of aliphatic hydroxyl groups is 1. The van der Waals surface area contributed by atoms with Crippen LogP contribution >= 0.6 is 0 Å². The lowest BCUT2D eigenvalue weighted by molar-refractivity contribution is 0.192. The first-order valence-corrected chi connectivity index (χ1v) is 6.22. The molecule has 0 bridgehead atoms. The van der Waals surface area contributed by atoms with E-state index in [-0.39, 0.29) is 6.10 Å². The lowest BCUT2D eigenvalue weighted by Gasteiger charge is -2.12. The lowest BCUT2D eigenvalue weighted by Crippen LogP contribution is -2.29. The van der Waals surface area contributed by atoms with Gasteiger partial charge in [0.25, 0.3) is 0 Å². The molecule has 1 aromatic heterocycles. The number of anilines is 1. The van der Waals surface area contributed by atoms with Crippen molar-refractivity contribution in [2.75, 3.05) is 31.6 Å². The highest BCUT2D eigenvalue weighted by Crippen LogP contribution is 2.19. The first-order valence-electron chi connectivity index (χ1n) is 6.22. The molecule has 0 spiro atoms. The van der Waals surface area contributed by atoms with Gasteiger partial charge in [-0.2, -0.15) is 0 Å². The predicted molar refractivity (Wildman–Crippen MR) is 71.0 cm³/mol. The molecule has 1 aromatic rings. The molecule has 0 saturated carbocycles. The lowest BCUT2D eigenvalue weighted by atomic mass is 10.3. The highest BCUT2D eigenvalue weighted by molar-refractivity contribution is 5.47. The van der Waals surface area contributed by atoms with Crippen LogP contribution < -0.4 is 15.4 Å². The first kappa shape index (κ1) is 14.7. The third kappa shape index (κ3) is 4.85. The van der Waals surface area contributed by atoms with Gasteiger partial charge in [-0.25, -0.2) is 9.97 Å². The molecular formula is C12H22N4O2. The van der Waals surface area contributed by atoms with Gasteiger partial charge in [-0.05, 0) is 20.8 Å². The van der Waals surface area contributed by atoms with Gasteiger partial charge in [-0.15, -0.1) is 0 Å². The molecule has 3 N–H and O–H groups in total. The molecule has 0 aliphatic rings. The van der Waals surface area contributed by atoms with Crippen LogP contribution in [0.1, 0.15) is 19.4 Å². The van der Waals surface area contributed by atoms with Crippen molar-refractivity contribution in [1.82, 2.24) is 15.3 Å². The minimum Gasteiger partial charge on any atom is -0.478 e. The fourth-order valence-corrected chi connectivity index (χ4v) is 1.47. The largest absolute Gasteiger partial charge is 0.478 e. The van der Waals surface area contributed by atoms with Gasteiger partial charge in [-0.1, -0.05) is 0 Å². The third-order valence-electron chi connectivity index (χ3n) is 2.35. The zero-order valence-electron chi connectivity index (χ0n) is 11.2. The number of hydrogen-bond acceptors (Lipinski definition) is 6. The number of rotatable bonds is 8. The van der Waals surface area contributed by atoms with E-state index < -0.39 is 0 Å². The number of nitrogens with one attached hydrogen (secondary N) is 2. The van der Waals surface area contributed by atoms with Crippen molar-refractivity contribution >= 4 is 5.82 Å². The molecule has 0 aliphatic carbocycles. The van der Waals surface area contributed by atoms with Crippen LogP contribution in [0, 0.1) is 6.92 Å². The normalized spacial score (nSPS) is 12.2. The number of nitrogens with zero attached hydrogens (tertiary/aromatic N) is 2. The Morgan fingerprint density at radius 2 is 2.17 bits per heavy atom. The summed E-state index contributed by atoms with van der Waals surface area (Å²) in [7, 11) is 0. The number of ether oxygens (including phenoxy) is 1. The molecular weight excluding hydrogens is 232 g/mol. The van der Waals surface area contributed by atoms with Crippen LogP contribution in [0.15, 0.2) is 6.33 Å². The highest BCUT2D eigenvalue weighted by Gasteiger charge is 2.06. The Labute approximate surface area is 108 Å². The van der Waals surface area contributed by atoms with Gasteiger partial charge >= 0.3 is 0 Å². The van der Waals surface area contributed by atoms with Crippen molar-refractivity contribution in [1.29, 1.82) is 0 Å². The van der Waals surface area contributed by atoms with Gasteiger partial charge in [0.1, 0.15) is 12.1 Å². The Morgan fingerprint density at radius 3 is 2.83 bits per heavy atom. The SMILES string of the molecule is CCOc1ncnc(NCCNCC(C)O)c1C. The maximum Gasteiger partial charge on any atom is 0.221 e. The summed E-state index contributed by atoms with van der Waals surface area (Å²) >= 11 is 0. The second-order valence-corrected chi connectivity index (χ2v) is 4.07. The Hall–Kier alpha value is -1.40. The van der Waals surface area contributed by atoms with E-state index in [2.05, 4.69) is 20.6 Å². The summed E-state index contributed by atoms with van der Waals surface area (Å²) in [4.78, 5) is 8.25. The molecule has 0 aromatic carbocycles. The summed E-state index contributed by atoms with van der Waals surface area (Å²) < 4.78 is 5.40. The summed E-state index contributed by atoms with van der Waals surface area (Å²) in [6.45, 7) is 8.28. The van der Waals surface area contributed by atoms with E-state index in [9.17, 15) is 0 Å². The van der Waals surface area contributed by atoms with Crippen molar-refractivity contribution in [3.63, 3.8) is 0 Å². The van der Waals surface area contributed by atoms with E-state index >= 15 is 0 Å². The predicted octanol–water partition coefficient (Wildman–Crippen LogP) is 0.566. The summed E-state index contributed by atoms with van der Waals surface area (Å²) in [5.74, 6) is 1.40. The number of aromatic nitrogens is 2. The topological polar surface area (TPSA) is 79.3 Å². The second-order valence-electron chi connectivity index (χ2n) is 4.07. The molecule has 0 radical (unpaired) electrons. The van der Waals surface area contributed by atoms with Crippen LogP contribution in [-0.2, 0) is 0 Å². The molecule has 1 rings (SSSR count). The van der Waals surface area contributed by atoms with Gasteiger partial charge < -0.3 is 20.5 Å². The summed E-state index contributed by atoms with van der Waals surface area (Å²) in [5, 5.41) is 15.4. The van der Waals surface area contributed by atoms with E-state index in [1.807, 2.05) is 13.8 Å². The summed E-state index contributed by atoms with van der Waals surface area (Å²) in [6, 6.07) is 0. The van der Waals surface area contributed by atoms with Gasteiger partial charge in [0, 0.05) is 19.6 Å². The van der Waals surface area contributed by atoms with Crippen LogP contribution in [0.5, 0.6) is 5.88 Å². The Morgan fingerprint density at radius 1 is 1.39 bits per heavy atom. The van der Waals surface area contributed by atoms with Crippen LogP contribution in [-0.4, -0.2) is 47.4 Å². The van der Waals surface area contributed by atoms with E-state index in [1.54, 1.807) is 6.92 Å².